The molecule has 1 aliphatic heterocycles. The molecule has 0 N–H and O–H groups in total. The summed E-state index contributed by atoms with van der Waals surface area (Å²) >= 11 is 0. The van der Waals surface area contributed by atoms with Crippen LogP contribution in [0.25, 0.3) is 6.08 Å². The first-order chi connectivity index (χ1) is 11.1. The molecule has 0 spiro atoms. The van der Waals surface area contributed by atoms with Crippen LogP contribution in [0.15, 0.2) is 18.0 Å². The highest BCUT2D eigenvalue weighted by molar-refractivity contribution is 5.75. The van der Waals surface area contributed by atoms with Gasteiger partial charge in [0.25, 0.3) is 0 Å². The average Bonchev–Trinajstić information content (AvgIpc) is 2.85. The van der Waals surface area contributed by atoms with Crippen LogP contribution in [-0.2, 0) is 16.1 Å². The molecule has 1 aromatic heterocycles. The van der Waals surface area contributed by atoms with Gasteiger partial charge in [-0.05, 0) is 32.4 Å². The highest BCUT2D eigenvalue weighted by Crippen LogP contribution is 2.21. The molecule has 2 rings (SSSR count). The van der Waals surface area contributed by atoms with Crippen LogP contribution >= 0.6 is 0 Å². The van der Waals surface area contributed by atoms with E-state index in [1.807, 2.05) is 33.0 Å². The quantitative estimate of drug-likeness (QED) is 0.844. The highest BCUT2D eigenvalue weighted by Gasteiger charge is 2.29. The highest BCUT2D eigenvalue weighted by atomic mass is 16.6. The molecule has 7 heteroatoms. The van der Waals surface area contributed by atoms with Crippen LogP contribution in [0.1, 0.15) is 32.8 Å². The van der Waals surface area contributed by atoms with Gasteiger partial charge in [-0.2, -0.15) is 5.10 Å². The van der Waals surface area contributed by atoms with Gasteiger partial charge in [-0.15, -0.1) is 0 Å². The number of nitrogens with zero attached hydrogens (tertiary/aromatic N) is 4. The fourth-order valence-corrected chi connectivity index (χ4v) is 2.24. The number of hydrogen-bond acceptors (Lipinski definition) is 4. The first-order valence-electron chi connectivity index (χ1n) is 8.04. The van der Waals surface area contributed by atoms with Gasteiger partial charge in [-0.1, -0.05) is 0 Å². The van der Waals surface area contributed by atoms with Crippen molar-refractivity contribution >= 4 is 18.1 Å². The van der Waals surface area contributed by atoms with Crippen molar-refractivity contribution in [3.05, 3.63) is 23.5 Å². The molecule has 1 fully saturated rings. The molecule has 0 atom stereocenters. The summed E-state index contributed by atoms with van der Waals surface area (Å²) in [5.41, 5.74) is 1.66. The second-order valence-corrected chi connectivity index (χ2v) is 7.21. The third-order valence-electron chi connectivity index (χ3n) is 3.52. The van der Waals surface area contributed by atoms with Gasteiger partial charge in [-0.3, -0.25) is 9.48 Å². The second-order valence-electron chi connectivity index (χ2n) is 7.21. The standard InChI is InChI=1S/C17H26N4O3/c1-17(2,3)24-16(23)20-10-14(11-20)8-13-9-18-21(12-13)7-6-15(22)19(4)5/h8-9,12H,6-7,10-11H2,1-5H3. The van der Waals surface area contributed by atoms with Gasteiger partial charge in [0.2, 0.25) is 5.91 Å². The van der Waals surface area contributed by atoms with Crippen LogP contribution in [0.3, 0.4) is 0 Å². The van der Waals surface area contributed by atoms with Crippen LogP contribution < -0.4 is 0 Å². The molecular formula is C17H26N4O3. The lowest BCUT2D eigenvalue weighted by atomic mass is 10.1. The molecule has 24 heavy (non-hydrogen) atoms. The smallest absolute Gasteiger partial charge is 0.410 e. The van der Waals surface area contributed by atoms with E-state index in [9.17, 15) is 9.59 Å². The summed E-state index contributed by atoms with van der Waals surface area (Å²) in [4.78, 5) is 26.7. The van der Waals surface area contributed by atoms with Gasteiger partial charge in [0.15, 0.2) is 0 Å². The zero-order chi connectivity index (χ0) is 17.9. The van der Waals surface area contributed by atoms with E-state index in [1.54, 1.807) is 34.8 Å². The lowest BCUT2D eigenvalue weighted by Gasteiger charge is -2.35. The Morgan fingerprint density at radius 2 is 2.00 bits per heavy atom. The fourth-order valence-electron chi connectivity index (χ4n) is 2.24. The number of hydrogen-bond donors (Lipinski definition) is 0. The van der Waals surface area contributed by atoms with E-state index in [2.05, 4.69) is 5.10 Å². The third-order valence-corrected chi connectivity index (χ3v) is 3.52. The minimum absolute atomic E-state index is 0.0809. The Bertz CT molecular complexity index is 633. The number of aryl methyl sites for hydroxylation is 1. The zero-order valence-electron chi connectivity index (χ0n) is 15.1. The first kappa shape index (κ1) is 18.0. The summed E-state index contributed by atoms with van der Waals surface area (Å²) < 4.78 is 7.09. The van der Waals surface area contributed by atoms with E-state index in [1.165, 1.54) is 0 Å². The van der Waals surface area contributed by atoms with Crippen molar-refractivity contribution in [1.29, 1.82) is 0 Å². The molecule has 0 aliphatic carbocycles. The van der Waals surface area contributed by atoms with Crippen LogP contribution in [0.5, 0.6) is 0 Å². The van der Waals surface area contributed by atoms with Gasteiger partial charge in [0.05, 0.1) is 6.20 Å². The molecule has 2 heterocycles. The Kier molecular flexibility index (Phi) is 5.31. The number of ether oxygens (including phenoxy) is 1. The Morgan fingerprint density at radius 1 is 1.33 bits per heavy atom. The van der Waals surface area contributed by atoms with Gasteiger partial charge >= 0.3 is 6.09 Å². The van der Waals surface area contributed by atoms with Crippen molar-refractivity contribution in [3.8, 4) is 0 Å². The Morgan fingerprint density at radius 3 is 2.58 bits per heavy atom. The first-order valence-corrected chi connectivity index (χ1v) is 8.04. The van der Waals surface area contributed by atoms with Gasteiger partial charge in [-0.25, -0.2) is 4.79 Å². The van der Waals surface area contributed by atoms with Crippen LogP contribution in [0.2, 0.25) is 0 Å². The van der Waals surface area contributed by atoms with E-state index in [0.717, 1.165) is 11.1 Å². The third kappa shape index (κ3) is 5.11. The van der Waals surface area contributed by atoms with Crippen LogP contribution in [-0.4, -0.2) is 64.4 Å². The van der Waals surface area contributed by atoms with Crippen molar-refractivity contribution in [3.63, 3.8) is 0 Å². The maximum absolute atomic E-state index is 11.9. The van der Waals surface area contributed by atoms with Gasteiger partial charge < -0.3 is 14.5 Å². The number of carbonyl (C=O) groups is 2. The SMILES string of the molecule is CN(C)C(=O)CCn1cc(C=C2CN(C(=O)OC(C)(C)C)C2)cn1. The minimum Gasteiger partial charge on any atom is -0.444 e. The number of aromatic nitrogens is 2. The molecule has 1 aliphatic rings. The lowest BCUT2D eigenvalue weighted by molar-refractivity contribution is -0.128. The Balaban J connectivity index is 1.82. The largest absolute Gasteiger partial charge is 0.444 e. The average molecular weight is 334 g/mol. The molecule has 7 nitrogen and oxygen atoms in total. The number of likely N-dealkylation sites (tertiary alicyclic amines) is 1. The Hall–Kier alpha value is -2.31. The lowest BCUT2D eigenvalue weighted by Crippen LogP contribution is -2.46. The normalized spacial score (nSPS) is 14.2. The predicted molar refractivity (Wildman–Crippen MR) is 91.3 cm³/mol. The van der Waals surface area contributed by atoms with Crippen molar-refractivity contribution < 1.29 is 14.3 Å². The van der Waals surface area contributed by atoms with E-state index < -0.39 is 5.60 Å². The second kappa shape index (κ2) is 7.07. The molecule has 0 aromatic carbocycles. The van der Waals surface area contributed by atoms with Gasteiger partial charge in [0, 0.05) is 51.9 Å². The van der Waals surface area contributed by atoms with Crippen molar-refractivity contribution in [2.75, 3.05) is 27.2 Å². The van der Waals surface area contributed by atoms with E-state index in [-0.39, 0.29) is 12.0 Å². The van der Waals surface area contributed by atoms with Crippen LogP contribution in [0, 0.1) is 0 Å². The van der Waals surface area contributed by atoms with E-state index >= 15 is 0 Å². The van der Waals surface area contributed by atoms with E-state index in [4.69, 9.17) is 4.74 Å². The number of rotatable bonds is 4. The number of carbonyl (C=O) groups excluding carboxylic acids is 2. The topological polar surface area (TPSA) is 67.7 Å². The Labute approximate surface area is 142 Å². The minimum atomic E-state index is -0.471. The molecule has 0 unspecified atom stereocenters. The summed E-state index contributed by atoms with van der Waals surface area (Å²) in [7, 11) is 3.49. The van der Waals surface area contributed by atoms with Crippen molar-refractivity contribution in [2.24, 2.45) is 0 Å². The maximum Gasteiger partial charge on any atom is 0.410 e. The maximum atomic E-state index is 11.9. The van der Waals surface area contributed by atoms with Gasteiger partial charge in [0.1, 0.15) is 5.60 Å². The molecular weight excluding hydrogens is 308 g/mol. The predicted octanol–water partition coefficient (Wildman–Crippen LogP) is 2.00. The van der Waals surface area contributed by atoms with Crippen molar-refractivity contribution in [2.45, 2.75) is 39.3 Å². The van der Waals surface area contributed by atoms with Crippen LogP contribution in [0.4, 0.5) is 4.79 Å². The summed E-state index contributed by atoms with van der Waals surface area (Å²) in [6, 6.07) is 0. The summed E-state index contributed by atoms with van der Waals surface area (Å²) in [6.45, 7) is 7.30. The molecule has 0 saturated carbocycles. The fraction of sp³-hybridized carbons (Fsp3) is 0.588. The molecule has 0 radical (unpaired) electrons. The summed E-state index contributed by atoms with van der Waals surface area (Å²) in [6.07, 6.45) is 5.85. The number of amides is 2. The molecule has 132 valence electrons. The molecule has 2 amide bonds. The zero-order valence-corrected chi connectivity index (χ0v) is 15.1. The molecule has 1 saturated heterocycles. The van der Waals surface area contributed by atoms with E-state index in [0.29, 0.717) is 26.1 Å². The molecule has 0 bridgehead atoms. The van der Waals surface area contributed by atoms with Crippen molar-refractivity contribution in [1.82, 2.24) is 19.6 Å². The summed E-state index contributed by atoms with van der Waals surface area (Å²) in [5, 5.41) is 4.26. The summed E-state index contributed by atoms with van der Waals surface area (Å²) in [5.74, 6) is 0.0809. The monoisotopic (exact) mass is 334 g/mol. The molecule has 1 aromatic rings.